The van der Waals surface area contributed by atoms with Crippen LogP contribution in [0.5, 0.6) is 0 Å². The van der Waals surface area contributed by atoms with Gasteiger partial charge in [-0.1, -0.05) is 37.1 Å². The van der Waals surface area contributed by atoms with Crippen LogP contribution < -0.4 is 10.2 Å². The average Bonchev–Trinajstić information content (AvgIpc) is 3.49. The maximum Gasteiger partial charge on any atom is 0.293 e. The molecule has 0 radical (unpaired) electrons. The topological polar surface area (TPSA) is 71.3 Å². The van der Waals surface area contributed by atoms with Crippen LogP contribution in [0, 0.1) is 0 Å². The predicted molar refractivity (Wildman–Crippen MR) is 115 cm³/mol. The molecule has 7 heteroatoms. The van der Waals surface area contributed by atoms with Crippen LogP contribution in [0.2, 0.25) is 5.02 Å². The summed E-state index contributed by atoms with van der Waals surface area (Å²) in [5.74, 6) is 1.12. The van der Waals surface area contributed by atoms with E-state index in [1.807, 2.05) is 44.3 Å². The highest BCUT2D eigenvalue weighted by atomic mass is 35.5. The average molecular weight is 411 g/mol. The number of carbonyl (C=O) groups excluding carboxylic acids is 1. The van der Waals surface area contributed by atoms with Crippen LogP contribution in [-0.2, 0) is 6.42 Å². The lowest BCUT2D eigenvalue weighted by Crippen LogP contribution is -2.20. The predicted octanol–water partition coefficient (Wildman–Crippen LogP) is 5.19. The van der Waals surface area contributed by atoms with Gasteiger partial charge in [-0.05, 0) is 43.5 Å². The van der Waals surface area contributed by atoms with Gasteiger partial charge in [0, 0.05) is 13.1 Å². The first-order valence-electron chi connectivity index (χ1n) is 9.81. The van der Waals surface area contributed by atoms with Crippen LogP contribution in [0.1, 0.15) is 42.4 Å². The third kappa shape index (κ3) is 4.27. The number of oxazole rings is 1. The lowest BCUT2D eigenvalue weighted by atomic mass is 10.2. The zero-order valence-electron chi connectivity index (χ0n) is 16.5. The molecule has 1 aromatic carbocycles. The van der Waals surface area contributed by atoms with Crippen molar-refractivity contribution in [2.24, 2.45) is 0 Å². The van der Waals surface area contributed by atoms with Crippen LogP contribution in [0.15, 0.2) is 47.0 Å². The van der Waals surface area contributed by atoms with Gasteiger partial charge in [-0.15, -0.1) is 0 Å². The van der Waals surface area contributed by atoms with Crippen molar-refractivity contribution in [2.45, 2.75) is 38.6 Å². The van der Waals surface area contributed by atoms with E-state index in [0.717, 1.165) is 12.2 Å². The number of rotatable bonds is 7. The van der Waals surface area contributed by atoms with E-state index in [1.54, 1.807) is 12.3 Å². The van der Waals surface area contributed by atoms with Gasteiger partial charge in [-0.2, -0.15) is 0 Å². The number of carbonyl (C=O) groups is 1. The van der Waals surface area contributed by atoms with E-state index in [2.05, 4.69) is 20.2 Å². The number of aryl methyl sites for hydroxylation is 1. The number of aromatic nitrogens is 2. The molecule has 1 aliphatic rings. The second-order valence-corrected chi connectivity index (χ2v) is 7.63. The van der Waals surface area contributed by atoms with Crippen LogP contribution in [-0.4, -0.2) is 29.0 Å². The molecule has 0 atom stereocenters. The van der Waals surface area contributed by atoms with Gasteiger partial charge in [-0.3, -0.25) is 4.79 Å². The molecule has 1 saturated carbocycles. The van der Waals surface area contributed by atoms with Gasteiger partial charge in [0.1, 0.15) is 5.82 Å². The van der Waals surface area contributed by atoms with Crippen molar-refractivity contribution < 1.29 is 9.21 Å². The van der Waals surface area contributed by atoms with Gasteiger partial charge < -0.3 is 14.6 Å². The Bertz CT molecular complexity index is 1010. The Kier molecular flexibility index (Phi) is 5.53. The van der Waals surface area contributed by atoms with Crippen molar-refractivity contribution in [1.29, 1.82) is 0 Å². The van der Waals surface area contributed by atoms with Crippen molar-refractivity contribution in [3.8, 4) is 11.5 Å². The first-order chi connectivity index (χ1) is 14.1. The lowest BCUT2D eigenvalue weighted by Gasteiger charge is -2.17. The van der Waals surface area contributed by atoms with Crippen molar-refractivity contribution in [3.05, 3.63) is 59.1 Å². The summed E-state index contributed by atoms with van der Waals surface area (Å²) >= 11 is 6.26. The first kappa shape index (κ1) is 19.5. The van der Waals surface area contributed by atoms with Crippen molar-refractivity contribution in [2.75, 3.05) is 17.3 Å². The van der Waals surface area contributed by atoms with Crippen molar-refractivity contribution in [1.82, 2.24) is 9.97 Å². The number of nitrogens with one attached hydrogen (secondary N) is 1. The first-order valence-corrected chi connectivity index (χ1v) is 10.2. The standard InChI is InChI=1S/C22H23ClN4O2/c1-3-6-18-20(29-22(26-18)16-7-4-5-8-17(16)23)21(28)25-14-9-12-19(24-13-14)27(2)15-10-11-15/h4-5,7-9,12-13,15H,3,6,10-11H2,1-2H3,(H,25,28). The second kappa shape index (κ2) is 8.25. The third-order valence-electron chi connectivity index (χ3n) is 4.96. The summed E-state index contributed by atoms with van der Waals surface area (Å²) in [4.78, 5) is 24.0. The van der Waals surface area contributed by atoms with Crippen molar-refractivity contribution in [3.63, 3.8) is 0 Å². The molecule has 150 valence electrons. The zero-order chi connectivity index (χ0) is 20.4. The van der Waals surface area contributed by atoms with E-state index >= 15 is 0 Å². The summed E-state index contributed by atoms with van der Waals surface area (Å²) in [5, 5.41) is 3.39. The van der Waals surface area contributed by atoms with E-state index in [1.165, 1.54) is 12.8 Å². The number of pyridine rings is 1. The SMILES string of the molecule is CCCc1nc(-c2ccccc2Cl)oc1C(=O)Nc1ccc(N(C)C2CC2)nc1. The summed E-state index contributed by atoms with van der Waals surface area (Å²) in [6, 6.07) is 11.6. The second-order valence-electron chi connectivity index (χ2n) is 7.23. The molecular weight excluding hydrogens is 388 g/mol. The largest absolute Gasteiger partial charge is 0.431 e. The molecule has 2 aromatic heterocycles. The molecule has 1 N–H and O–H groups in total. The van der Waals surface area contributed by atoms with Crippen LogP contribution >= 0.6 is 11.6 Å². The Labute approximate surface area is 174 Å². The number of hydrogen-bond acceptors (Lipinski definition) is 5. The zero-order valence-corrected chi connectivity index (χ0v) is 17.2. The van der Waals surface area contributed by atoms with Crippen LogP contribution in [0.25, 0.3) is 11.5 Å². The Hall–Kier alpha value is -2.86. The maximum absolute atomic E-state index is 12.9. The van der Waals surface area contributed by atoms with Gasteiger partial charge >= 0.3 is 0 Å². The Balaban J connectivity index is 1.55. The molecule has 4 rings (SSSR count). The van der Waals surface area contributed by atoms with Crippen molar-refractivity contribution >= 4 is 29.0 Å². The number of nitrogens with zero attached hydrogens (tertiary/aromatic N) is 3. The van der Waals surface area contributed by atoms with E-state index < -0.39 is 0 Å². The summed E-state index contributed by atoms with van der Waals surface area (Å²) in [6.45, 7) is 2.03. The number of amides is 1. The monoisotopic (exact) mass is 410 g/mol. The molecule has 1 fully saturated rings. The van der Waals surface area contributed by atoms with Gasteiger partial charge in [0.05, 0.1) is 28.2 Å². The molecule has 0 spiro atoms. The van der Waals surface area contributed by atoms with Gasteiger partial charge in [0.2, 0.25) is 11.7 Å². The number of halogens is 1. The third-order valence-corrected chi connectivity index (χ3v) is 5.29. The van der Waals surface area contributed by atoms with E-state index in [4.69, 9.17) is 16.0 Å². The van der Waals surface area contributed by atoms with Gasteiger partial charge in [-0.25, -0.2) is 9.97 Å². The minimum Gasteiger partial charge on any atom is -0.431 e. The van der Waals surface area contributed by atoms with E-state index in [-0.39, 0.29) is 11.7 Å². The van der Waals surface area contributed by atoms with E-state index in [9.17, 15) is 4.79 Å². The van der Waals surface area contributed by atoms with Gasteiger partial charge in [0.25, 0.3) is 5.91 Å². The highest BCUT2D eigenvalue weighted by molar-refractivity contribution is 6.33. The molecule has 6 nitrogen and oxygen atoms in total. The smallest absolute Gasteiger partial charge is 0.293 e. The molecule has 3 aromatic rings. The number of benzene rings is 1. The summed E-state index contributed by atoms with van der Waals surface area (Å²) in [6.07, 6.45) is 5.56. The van der Waals surface area contributed by atoms with Crippen LogP contribution in [0.3, 0.4) is 0 Å². The summed E-state index contributed by atoms with van der Waals surface area (Å²) in [7, 11) is 2.04. The fraction of sp³-hybridized carbons (Fsp3) is 0.318. The molecular formula is C22H23ClN4O2. The molecule has 0 unspecified atom stereocenters. The Morgan fingerprint density at radius 1 is 1.28 bits per heavy atom. The summed E-state index contributed by atoms with van der Waals surface area (Å²) in [5.41, 5.74) is 1.90. The van der Waals surface area contributed by atoms with Gasteiger partial charge in [0.15, 0.2) is 0 Å². The molecule has 1 aliphatic carbocycles. The molecule has 2 heterocycles. The fourth-order valence-electron chi connectivity index (χ4n) is 3.19. The minimum atomic E-state index is -0.343. The summed E-state index contributed by atoms with van der Waals surface area (Å²) < 4.78 is 5.83. The molecule has 0 saturated heterocycles. The molecule has 0 bridgehead atoms. The maximum atomic E-state index is 12.9. The minimum absolute atomic E-state index is 0.209. The van der Waals surface area contributed by atoms with E-state index in [0.29, 0.717) is 40.3 Å². The molecule has 1 amide bonds. The fourth-order valence-corrected chi connectivity index (χ4v) is 3.41. The normalized spacial score (nSPS) is 13.3. The highest BCUT2D eigenvalue weighted by Gasteiger charge is 2.27. The number of anilines is 2. The highest BCUT2D eigenvalue weighted by Crippen LogP contribution is 2.30. The lowest BCUT2D eigenvalue weighted by molar-refractivity contribution is 0.0996. The Morgan fingerprint density at radius 2 is 2.07 bits per heavy atom. The number of hydrogen-bond donors (Lipinski definition) is 1. The molecule has 29 heavy (non-hydrogen) atoms. The Morgan fingerprint density at radius 3 is 2.72 bits per heavy atom. The van der Waals surface area contributed by atoms with Crippen LogP contribution in [0.4, 0.5) is 11.5 Å². The molecule has 0 aliphatic heterocycles. The quantitative estimate of drug-likeness (QED) is 0.580.